The maximum Gasteiger partial charge on any atom is 0.239 e. The highest BCUT2D eigenvalue weighted by Gasteiger charge is 2.17. The molecule has 0 spiro atoms. The molecule has 2 heterocycles. The summed E-state index contributed by atoms with van der Waals surface area (Å²) in [5.74, 6) is 0.956. The summed E-state index contributed by atoms with van der Waals surface area (Å²) in [5.41, 5.74) is 1.09. The van der Waals surface area contributed by atoms with Crippen LogP contribution in [0.4, 0.5) is 5.82 Å². The van der Waals surface area contributed by atoms with Crippen LogP contribution in [0.25, 0.3) is 5.69 Å². The van der Waals surface area contributed by atoms with E-state index in [0.29, 0.717) is 24.5 Å². The molecule has 0 saturated heterocycles. The zero-order chi connectivity index (χ0) is 18.4. The van der Waals surface area contributed by atoms with E-state index in [2.05, 4.69) is 16.5 Å². The summed E-state index contributed by atoms with van der Waals surface area (Å²) in [5, 5.41) is 16.4. The number of amides is 1. The van der Waals surface area contributed by atoms with Crippen molar-refractivity contribution in [3.8, 4) is 11.8 Å². The van der Waals surface area contributed by atoms with Crippen LogP contribution in [0.1, 0.15) is 18.2 Å². The first kappa shape index (κ1) is 17.5. The molecule has 1 N–H and O–H groups in total. The van der Waals surface area contributed by atoms with Crippen LogP contribution < -0.4 is 5.32 Å². The van der Waals surface area contributed by atoms with Crippen LogP contribution in [0.3, 0.4) is 0 Å². The first-order valence-electron chi connectivity index (χ1n) is 8.29. The lowest BCUT2D eigenvalue weighted by molar-refractivity contribution is -0.117. The van der Waals surface area contributed by atoms with Gasteiger partial charge in [-0.15, -0.1) is 0 Å². The summed E-state index contributed by atoms with van der Waals surface area (Å²) < 4.78 is 6.89. The quantitative estimate of drug-likeness (QED) is 0.709. The maximum atomic E-state index is 12.5. The van der Waals surface area contributed by atoms with E-state index in [1.165, 1.54) is 6.20 Å². The van der Waals surface area contributed by atoms with Crippen molar-refractivity contribution in [1.29, 1.82) is 5.26 Å². The Morgan fingerprint density at radius 3 is 2.77 bits per heavy atom. The predicted molar refractivity (Wildman–Crippen MR) is 96.6 cm³/mol. The van der Waals surface area contributed by atoms with Gasteiger partial charge < -0.3 is 9.73 Å². The van der Waals surface area contributed by atoms with Gasteiger partial charge in [0.15, 0.2) is 5.82 Å². The summed E-state index contributed by atoms with van der Waals surface area (Å²) in [6.07, 6.45) is 3.06. The van der Waals surface area contributed by atoms with E-state index in [0.717, 1.165) is 11.4 Å². The van der Waals surface area contributed by atoms with Crippen LogP contribution >= 0.6 is 0 Å². The van der Waals surface area contributed by atoms with Crippen LogP contribution in [0.15, 0.2) is 59.3 Å². The number of hydrogen-bond acceptors (Lipinski definition) is 5. The van der Waals surface area contributed by atoms with Gasteiger partial charge in [-0.05, 0) is 30.8 Å². The number of nitrogens with one attached hydrogen (secondary N) is 1. The molecule has 0 aliphatic rings. The summed E-state index contributed by atoms with van der Waals surface area (Å²) in [6.45, 7) is 3.39. The van der Waals surface area contributed by atoms with Crippen LogP contribution in [-0.4, -0.2) is 33.7 Å². The van der Waals surface area contributed by atoms with Crippen molar-refractivity contribution in [2.45, 2.75) is 13.5 Å². The van der Waals surface area contributed by atoms with Crippen LogP contribution in [0, 0.1) is 11.3 Å². The van der Waals surface area contributed by atoms with Gasteiger partial charge in [0.1, 0.15) is 17.4 Å². The molecular formula is C19H19N5O2. The Morgan fingerprint density at radius 1 is 1.31 bits per heavy atom. The number of furan rings is 1. The molecule has 0 bridgehead atoms. The SMILES string of the molecule is CCN(CC(=O)Nc1c(C#N)cnn1-c1ccccc1)Cc1ccco1. The maximum absolute atomic E-state index is 12.5. The van der Waals surface area contributed by atoms with Crippen LogP contribution in [0.2, 0.25) is 0 Å². The van der Waals surface area contributed by atoms with Gasteiger partial charge in [0.05, 0.1) is 31.2 Å². The highest BCUT2D eigenvalue weighted by atomic mass is 16.3. The van der Waals surface area contributed by atoms with Crippen molar-refractivity contribution >= 4 is 11.7 Å². The molecule has 7 nitrogen and oxygen atoms in total. The van der Waals surface area contributed by atoms with E-state index in [4.69, 9.17) is 4.42 Å². The van der Waals surface area contributed by atoms with Crippen molar-refractivity contribution in [3.63, 3.8) is 0 Å². The third kappa shape index (κ3) is 3.99. The highest BCUT2D eigenvalue weighted by Crippen LogP contribution is 2.19. The molecule has 1 amide bonds. The van der Waals surface area contributed by atoms with Gasteiger partial charge in [0, 0.05) is 0 Å². The molecule has 0 fully saturated rings. The standard InChI is InChI=1S/C19H19N5O2/c1-2-23(13-17-9-6-10-26-17)14-18(25)22-19-15(11-20)12-21-24(19)16-7-4-3-5-8-16/h3-10,12H,2,13-14H2,1H3,(H,22,25). The molecule has 132 valence electrons. The fourth-order valence-electron chi connectivity index (χ4n) is 2.59. The van der Waals surface area contributed by atoms with Gasteiger partial charge in [0.2, 0.25) is 5.91 Å². The first-order valence-corrected chi connectivity index (χ1v) is 8.29. The van der Waals surface area contributed by atoms with E-state index in [1.807, 2.05) is 54.3 Å². The second kappa shape index (κ2) is 8.14. The van der Waals surface area contributed by atoms with E-state index >= 15 is 0 Å². The van der Waals surface area contributed by atoms with Crippen molar-refractivity contribution in [3.05, 3.63) is 66.2 Å². The molecule has 0 atom stereocenters. The topological polar surface area (TPSA) is 87.1 Å². The van der Waals surface area contributed by atoms with Crippen LogP contribution in [0.5, 0.6) is 0 Å². The lowest BCUT2D eigenvalue weighted by Gasteiger charge is -2.18. The number of aromatic nitrogens is 2. The lowest BCUT2D eigenvalue weighted by atomic mass is 10.3. The minimum Gasteiger partial charge on any atom is -0.468 e. The van der Waals surface area contributed by atoms with E-state index in [9.17, 15) is 10.1 Å². The number of likely N-dealkylation sites (N-methyl/N-ethyl adjacent to an activating group) is 1. The van der Waals surface area contributed by atoms with Gasteiger partial charge in [-0.25, -0.2) is 4.68 Å². The average molecular weight is 349 g/mol. The Kier molecular flexibility index (Phi) is 5.46. The van der Waals surface area contributed by atoms with Crippen molar-refractivity contribution in [2.24, 2.45) is 0 Å². The normalized spacial score (nSPS) is 10.7. The summed E-state index contributed by atoms with van der Waals surface area (Å²) in [6, 6.07) is 15.1. The van der Waals surface area contributed by atoms with Crippen LogP contribution in [-0.2, 0) is 11.3 Å². The molecule has 0 radical (unpaired) electrons. The molecule has 0 unspecified atom stereocenters. The Balaban J connectivity index is 1.74. The Labute approximate surface area is 151 Å². The number of nitriles is 1. The molecule has 2 aromatic heterocycles. The molecule has 7 heteroatoms. The number of benzene rings is 1. The minimum absolute atomic E-state index is 0.183. The number of hydrogen-bond donors (Lipinski definition) is 1. The number of carbonyl (C=O) groups excluding carboxylic acids is 1. The zero-order valence-corrected chi connectivity index (χ0v) is 14.4. The molecule has 3 rings (SSSR count). The number of anilines is 1. The van der Waals surface area contributed by atoms with Gasteiger partial charge in [-0.3, -0.25) is 9.69 Å². The molecule has 0 aliphatic carbocycles. The van der Waals surface area contributed by atoms with Crippen molar-refractivity contribution < 1.29 is 9.21 Å². The van der Waals surface area contributed by atoms with Gasteiger partial charge in [-0.2, -0.15) is 10.4 Å². The van der Waals surface area contributed by atoms with Gasteiger partial charge in [-0.1, -0.05) is 25.1 Å². The highest BCUT2D eigenvalue weighted by molar-refractivity contribution is 5.92. The second-order valence-corrected chi connectivity index (χ2v) is 5.70. The Bertz CT molecular complexity index is 894. The number of carbonyl (C=O) groups is 1. The smallest absolute Gasteiger partial charge is 0.239 e. The van der Waals surface area contributed by atoms with Crippen molar-refractivity contribution in [1.82, 2.24) is 14.7 Å². The molecule has 26 heavy (non-hydrogen) atoms. The van der Waals surface area contributed by atoms with Gasteiger partial charge >= 0.3 is 0 Å². The van der Waals surface area contributed by atoms with E-state index in [-0.39, 0.29) is 12.5 Å². The molecule has 0 saturated carbocycles. The molecule has 0 aliphatic heterocycles. The summed E-state index contributed by atoms with van der Waals surface area (Å²) in [4.78, 5) is 14.5. The van der Waals surface area contributed by atoms with E-state index in [1.54, 1.807) is 10.9 Å². The third-order valence-corrected chi connectivity index (χ3v) is 3.92. The average Bonchev–Trinajstić information content (AvgIpc) is 3.31. The minimum atomic E-state index is -0.215. The first-order chi connectivity index (χ1) is 12.7. The number of nitrogens with zero attached hydrogens (tertiary/aromatic N) is 4. The monoisotopic (exact) mass is 349 g/mol. The van der Waals surface area contributed by atoms with Crippen molar-refractivity contribution in [2.75, 3.05) is 18.4 Å². The van der Waals surface area contributed by atoms with E-state index < -0.39 is 0 Å². The molecule has 3 aromatic rings. The lowest BCUT2D eigenvalue weighted by Crippen LogP contribution is -2.33. The zero-order valence-electron chi connectivity index (χ0n) is 14.4. The predicted octanol–water partition coefficient (Wildman–Crippen LogP) is 2.80. The summed E-state index contributed by atoms with van der Waals surface area (Å²) >= 11 is 0. The number of para-hydroxylation sites is 1. The molecule has 1 aromatic carbocycles. The summed E-state index contributed by atoms with van der Waals surface area (Å²) in [7, 11) is 0. The molecular weight excluding hydrogens is 330 g/mol. The number of rotatable bonds is 7. The fraction of sp³-hybridized carbons (Fsp3) is 0.211. The van der Waals surface area contributed by atoms with Gasteiger partial charge in [0.25, 0.3) is 0 Å². The third-order valence-electron chi connectivity index (χ3n) is 3.92. The largest absolute Gasteiger partial charge is 0.468 e. The fourth-order valence-corrected chi connectivity index (χ4v) is 2.59. The second-order valence-electron chi connectivity index (χ2n) is 5.70. The Morgan fingerprint density at radius 2 is 2.12 bits per heavy atom. The Hall–Kier alpha value is -3.37.